The number of nitrogens with zero attached hydrogens (tertiary/aromatic N) is 2. The second-order valence-corrected chi connectivity index (χ2v) is 17.6. The minimum atomic E-state index is -0.683. The Morgan fingerprint density at radius 2 is 0.818 bits per heavy atom. The van der Waals surface area contributed by atoms with E-state index in [0.717, 1.165) is 56.1 Å². The fraction of sp³-hybridized carbons (Fsp3) is 0.0159. The Kier molecular flexibility index (Phi) is 7.90. The largest absolute Gasteiger partial charge is 0.456 e. The van der Waals surface area contributed by atoms with E-state index in [0.29, 0.717) is 0 Å². The number of hydrogen-bond acceptors (Lipinski definition) is 3. The number of hydrogen-bond donors (Lipinski definition) is 0. The van der Waals surface area contributed by atoms with Gasteiger partial charge in [-0.05, 0) is 116 Å². The average molecular weight is 841 g/mol. The Morgan fingerprint density at radius 1 is 0.288 bits per heavy atom. The number of furan rings is 1. The molecule has 0 aliphatic heterocycles. The van der Waals surface area contributed by atoms with Crippen LogP contribution >= 0.6 is 0 Å². The first-order valence-corrected chi connectivity index (χ1v) is 22.8. The van der Waals surface area contributed by atoms with Gasteiger partial charge in [-0.1, -0.05) is 176 Å². The van der Waals surface area contributed by atoms with E-state index in [1.165, 1.54) is 66.1 Å². The summed E-state index contributed by atoms with van der Waals surface area (Å²) in [5, 5.41) is 7.01. The van der Waals surface area contributed by atoms with Gasteiger partial charge in [-0.2, -0.15) is 0 Å². The molecule has 2 aliphatic carbocycles. The van der Waals surface area contributed by atoms with Gasteiger partial charge < -0.3 is 14.2 Å². The van der Waals surface area contributed by atoms with E-state index in [9.17, 15) is 0 Å². The summed E-state index contributed by atoms with van der Waals surface area (Å²) in [6.45, 7) is 0. The lowest BCUT2D eigenvalue weighted by Gasteiger charge is -2.35. The molecule has 12 aromatic rings. The maximum Gasteiger partial charge on any atom is 0.135 e. The molecule has 0 radical (unpaired) electrons. The number of benzene rings is 11. The molecular weight excluding hydrogens is 801 g/mol. The molecule has 0 saturated carbocycles. The Morgan fingerprint density at radius 3 is 1.52 bits per heavy atom. The second kappa shape index (κ2) is 14.2. The smallest absolute Gasteiger partial charge is 0.135 e. The molecule has 1 aromatic heterocycles. The minimum Gasteiger partial charge on any atom is -0.456 e. The van der Waals surface area contributed by atoms with Crippen LogP contribution in [0.5, 0.6) is 0 Å². The summed E-state index contributed by atoms with van der Waals surface area (Å²) in [5.41, 5.74) is 17.6. The number of fused-ring (bicyclic) bond motifs is 15. The van der Waals surface area contributed by atoms with Crippen LogP contribution in [0.15, 0.2) is 247 Å². The van der Waals surface area contributed by atoms with Gasteiger partial charge in [0.1, 0.15) is 11.2 Å². The zero-order valence-corrected chi connectivity index (χ0v) is 35.9. The van der Waals surface area contributed by atoms with Crippen molar-refractivity contribution in [2.75, 3.05) is 9.80 Å². The normalized spacial score (nSPS) is 14.4. The van der Waals surface area contributed by atoms with Crippen LogP contribution < -0.4 is 9.80 Å². The number of anilines is 6. The van der Waals surface area contributed by atoms with Crippen LogP contribution in [0.4, 0.5) is 34.1 Å². The molecule has 3 nitrogen and oxygen atoms in total. The molecule has 11 aromatic carbocycles. The fourth-order valence-electron chi connectivity index (χ4n) is 11.5. The molecular formula is C63H40N2O. The SMILES string of the molecule is c1ccc(N(c2cc(N(c3ccccc3)c3cccc4ccccc34)c3c(c2)C2(c4ccccc4-c4cc5c(cc42)oc2ccccc25)c2ccccc2-3)c2cccc3ccccc23)cc1. The molecule has 0 fully saturated rings. The first-order valence-electron chi connectivity index (χ1n) is 22.8. The highest BCUT2D eigenvalue weighted by Crippen LogP contribution is 2.66. The van der Waals surface area contributed by atoms with Crippen molar-refractivity contribution < 1.29 is 4.42 Å². The van der Waals surface area contributed by atoms with Gasteiger partial charge in [-0.15, -0.1) is 0 Å². The van der Waals surface area contributed by atoms with Gasteiger partial charge in [-0.3, -0.25) is 0 Å². The van der Waals surface area contributed by atoms with Gasteiger partial charge in [0.05, 0.1) is 22.5 Å². The summed E-state index contributed by atoms with van der Waals surface area (Å²) in [6.07, 6.45) is 0. The summed E-state index contributed by atoms with van der Waals surface area (Å²) in [5.74, 6) is 0. The third kappa shape index (κ3) is 5.14. The van der Waals surface area contributed by atoms with Gasteiger partial charge >= 0.3 is 0 Å². The molecule has 0 N–H and O–H groups in total. The first-order chi connectivity index (χ1) is 32.8. The maximum atomic E-state index is 6.78. The summed E-state index contributed by atoms with van der Waals surface area (Å²) < 4.78 is 6.78. The summed E-state index contributed by atoms with van der Waals surface area (Å²) in [6, 6.07) is 89.0. The van der Waals surface area contributed by atoms with E-state index in [1.807, 2.05) is 0 Å². The van der Waals surface area contributed by atoms with Gasteiger partial charge in [0, 0.05) is 44.2 Å². The summed E-state index contributed by atoms with van der Waals surface area (Å²) >= 11 is 0. The van der Waals surface area contributed by atoms with E-state index in [4.69, 9.17) is 4.42 Å². The van der Waals surface area contributed by atoms with Gasteiger partial charge in [0.15, 0.2) is 0 Å². The van der Waals surface area contributed by atoms with Crippen molar-refractivity contribution in [1.82, 2.24) is 0 Å². The Balaban J connectivity index is 1.17. The highest BCUT2D eigenvalue weighted by atomic mass is 16.3. The minimum absolute atomic E-state index is 0.683. The van der Waals surface area contributed by atoms with E-state index < -0.39 is 5.41 Å². The predicted molar refractivity (Wildman–Crippen MR) is 274 cm³/mol. The first kappa shape index (κ1) is 36.8. The van der Waals surface area contributed by atoms with Crippen molar-refractivity contribution in [3.05, 3.63) is 265 Å². The predicted octanol–water partition coefficient (Wildman–Crippen LogP) is 17.2. The van der Waals surface area contributed by atoms with Crippen molar-refractivity contribution in [3.8, 4) is 22.3 Å². The van der Waals surface area contributed by atoms with Crippen molar-refractivity contribution in [3.63, 3.8) is 0 Å². The Hall–Kier alpha value is -8.66. The van der Waals surface area contributed by atoms with Crippen LogP contribution in [0.3, 0.4) is 0 Å². The van der Waals surface area contributed by atoms with Crippen LogP contribution in [0.2, 0.25) is 0 Å². The molecule has 1 atom stereocenters. The fourth-order valence-corrected chi connectivity index (χ4v) is 11.5. The van der Waals surface area contributed by atoms with Crippen LogP contribution in [-0.2, 0) is 5.41 Å². The van der Waals surface area contributed by atoms with Gasteiger partial charge in [-0.25, -0.2) is 0 Å². The molecule has 3 heteroatoms. The number of rotatable bonds is 6. The van der Waals surface area contributed by atoms with Crippen molar-refractivity contribution in [2.45, 2.75) is 5.41 Å². The monoisotopic (exact) mass is 840 g/mol. The van der Waals surface area contributed by atoms with E-state index in [2.05, 4.69) is 252 Å². The molecule has 308 valence electrons. The standard InChI is InChI=1S/C63H40N2O/c1-3-23-43(24-4-1)64(57-34-17-21-41-19-7-9-27-46(41)57)45-37-56-62(59(38-45)65(44-25-5-2-6-26-44)58-35-18-22-42-20-8-10-28-47(42)58)50-31-12-15-33-54(50)63(56)53-32-14-11-29-48(53)51-39-52-49-30-13-16-36-60(49)66-61(52)40-55(51)63/h1-40H. The third-order valence-corrected chi connectivity index (χ3v) is 14.2. The second-order valence-electron chi connectivity index (χ2n) is 17.6. The van der Waals surface area contributed by atoms with Crippen molar-refractivity contribution >= 4 is 77.6 Å². The molecule has 66 heavy (non-hydrogen) atoms. The zero-order valence-electron chi connectivity index (χ0n) is 35.9. The summed E-state index contributed by atoms with van der Waals surface area (Å²) in [4.78, 5) is 4.98. The summed E-state index contributed by atoms with van der Waals surface area (Å²) in [7, 11) is 0. The van der Waals surface area contributed by atoms with E-state index in [-0.39, 0.29) is 0 Å². The molecule has 0 bridgehead atoms. The molecule has 0 amide bonds. The zero-order chi connectivity index (χ0) is 43.3. The van der Waals surface area contributed by atoms with Crippen LogP contribution in [0.25, 0.3) is 65.7 Å². The lowest BCUT2D eigenvalue weighted by molar-refractivity contribution is 0.666. The van der Waals surface area contributed by atoms with E-state index >= 15 is 0 Å². The lowest BCUT2D eigenvalue weighted by Crippen LogP contribution is -2.26. The van der Waals surface area contributed by atoms with Crippen LogP contribution in [-0.4, -0.2) is 0 Å². The van der Waals surface area contributed by atoms with Gasteiger partial charge in [0.2, 0.25) is 0 Å². The van der Waals surface area contributed by atoms with Crippen LogP contribution in [0.1, 0.15) is 22.3 Å². The number of para-hydroxylation sites is 3. The molecule has 1 spiro atoms. The van der Waals surface area contributed by atoms with E-state index in [1.54, 1.807) is 0 Å². The Bertz CT molecular complexity index is 3900. The van der Waals surface area contributed by atoms with Crippen LogP contribution in [0, 0.1) is 0 Å². The Labute approximate surface area is 382 Å². The molecule has 1 heterocycles. The van der Waals surface area contributed by atoms with Crippen molar-refractivity contribution in [2.24, 2.45) is 0 Å². The highest BCUT2D eigenvalue weighted by molar-refractivity contribution is 6.11. The quantitative estimate of drug-likeness (QED) is 0.166. The highest BCUT2D eigenvalue weighted by Gasteiger charge is 2.53. The lowest BCUT2D eigenvalue weighted by atomic mass is 9.70. The van der Waals surface area contributed by atoms with Gasteiger partial charge in [0.25, 0.3) is 0 Å². The molecule has 0 saturated heterocycles. The maximum absolute atomic E-state index is 6.78. The molecule has 2 aliphatic rings. The molecule has 14 rings (SSSR count). The topological polar surface area (TPSA) is 19.6 Å². The van der Waals surface area contributed by atoms with Crippen molar-refractivity contribution in [1.29, 1.82) is 0 Å². The average Bonchev–Trinajstić information content (AvgIpc) is 4.00. The molecule has 1 unspecified atom stereocenters. The third-order valence-electron chi connectivity index (χ3n) is 14.2.